The molecule has 1 saturated carbocycles. The average molecular weight is 328 g/mol. The van der Waals surface area contributed by atoms with Crippen LogP contribution in [0.4, 0.5) is 5.69 Å². The molecule has 1 aromatic carbocycles. The summed E-state index contributed by atoms with van der Waals surface area (Å²) < 4.78 is 6.22. The number of carboxylic acid groups (broad SMARTS) is 1. The number of benzene rings is 1. The predicted octanol–water partition coefficient (Wildman–Crippen LogP) is 3.27. The molecule has 0 radical (unpaired) electrons. The van der Waals surface area contributed by atoms with Gasteiger partial charge >= 0.3 is 5.97 Å². The molecule has 2 rings (SSSR count). The summed E-state index contributed by atoms with van der Waals surface area (Å²) in [7, 11) is 1.64. The molecule has 0 aliphatic heterocycles. The number of hydrogen-bond acceptors (Lipinski definition) is 3. The minimum absolute atomic E-state index is 0.000150. The SMILES string of the molecule is COC1CCCC(Nc2ccccc2Br)(C(=O)O)C1. The molecule has 1 aliphatic rings. The van der Waals surface area contributed by atoms with Crippen LogP contribution >= 0.6 is 15.9 Å². The van der Waals surface area contributed by atoms with Crippen LogP contribution in [0.5, 0.6) is 0 Å². The number of rotatable bonds is 4. The number of carbonyl (C=O) groups is 1. The first-order chi connectivity index (χ1) is 9.07. The van der Waals surface area contributed by atoms with Gasteiger partial charge in [0.2, 0.25) is 0 Å². The molecular weight excluding hydrogens is 310 g/mol. The molecule has 5 heteroatoms. The molecule has 1 aromatic rings. The summed E-state index contributed by atoms with van der Waals surface area (Å²) in [5.41, 5.74) is -0.135. The van der Waals surface area contributed by atoms with Crippen molar-refractivity contribution in [3.63, 3.8) is 0 Å². The van der Waals surface area contributed by atoms with E-state index in [2.05, 4.69) is 21.2 Å². The predicted molar refractivity (Wildman–Crippen MR) is 77.4 cm³/mol. The van der Waals surface area contributed by atoms with E-state index in [1.165, 1.54) is 0 Å². The van der Waals surface area contributed by atoms with E-state index in [1.54, 1.807) is 7.11 Å². The highest BCUT2D eigenvalue weighted by Crippen LogP contribution is 2.35. The Bertz CT molecular complexity index is 466. The third-order valence-electron chi connectivity index (χ3n) is 3.70. The van der Waals surface area contributed by atoms with Crippen molar-refractivity contribution in [3.8, 4) is 0 Å². The Morgan fingerprint density at radius 3 is 2.89 bits per heavy atom. The summed E-state index contributed by atoms with van der Waals surface area (Å²) in [6, 6.07) is 7.57. The van der Waals surface area contributed by atoms with Crippen LogP contribution in [0, 0.1) is 0 Å². The van der Waals surface area contributed by atoms with Gasteiger partial charge in [-0.05, 0) is 47.3 Å². The number of nitrogens with one attached hydrogen (secondary N) is 1. The number of anilines is 1. The monoisotopic (exact) mass is 327 g/mol. The molecule has 2 N–H and O–H groups in total. The normalized spacial score (nSPS) is 26.9. The minimum Gasteiger partial charge on any atom is -0.480 e. The van der Waals surface area contributed by atoms with Gasteiger partial charge in [0.05, 0.1) is 6.10 Å². The maximum atomic E-state index is 11.7. The van der Waals surface area contributed by atoms with Gasteiger partial charge in [-0.2, -0.15) is 0 Å². The summed E-state index contributed by atoms with van der Waals surface area (Å²) in [6.45, 7) is 0. The van der Waals surface area contributed by atoms with Crippen molar-refractivity contribution in [3.05, 3.63) is 28.7 Å². The zero-order valence-electron chi connectivity index (χ0n) is 10.9. The molecule has 1 aliphatic carbocycles. The summed E-state index contributed by atoms with van der Waals surface area (Å²) in [4.78, 5) is 11.7. The van der Waals surface area contributed by atoms with Crippen molar-refractivity contribution in [1.82, 2.24) is 0 Å². The van der Waals surface area contributed by atoms with Crippen LogP contribution < -0.4 is 5.32 Å². The van der Waals surface area contributed by atoms with Crippen molar-refractivity contribution >= 4 is 27.6 Å². The van der Waals surface area contributed by atoms with E-state index in [0.29, 0.717) is 12.8 Å². The van der Waals surface area contributed by atoms with E-state index in [-0.39, 0.29) is 6.10 Å². The van der Waals surface area contributed by atoms with Gasteiger partial charge in [-0.15, -0.1) is 0 Å². The Morgan fingerprint density at radius 1 is 1.53 bits per heavy atom. The zero-order chi connectivity index (χ0) is 13.9. The smallest absolute Gasteiger partial charge is 0.329 e. The van der Waals surface area contributed by atoms with Crippen molar-refractivity contribution < 1.29 is 14.6 Å². The molecule has 4 nitrogen and oxygen atoms in total. The Hall–Kier alpha value is -1.07. The van der Waals surface area contributed by atoms with Crippen molar-refractivity contribution in [2.75, 3.05) is 12.4 Å². The van der Waals surface area contributed by atoms with E-state index in [4.69, 9.17) is 4.74 Å². The van der Waals surface area contributed by atoms with Crippen molar-refractivity contribution in [2.45, 2.75) is 37.3 Å². The lowest BCUT2D eigenvalue weighted by atomic mass is 9.80. The van der Waals surface area contributed by atoms with Gasteiger partial charge in [0.1, 0.15) is 5.54 Å². The summed E-state index contributed by atoms with van der Waals surface area (Å²) in [5.74, 6) is -0.815. The number of methoxy groups -OCH3 is 1. The quantitative estimate of drug-likeness (QED) is 0.891. The average Bonchev–Trinajstić information content (AvgIpc) is 2.41. The fourth-order valence-electron chi connectivity index (χ4n) is 2.61. The van der Waals surface area contributed by atoms with E-state index >= 15 is 0 Å². The van der Waals surface area contributed by atoms with Crippen LogP contribution in [0.2, 0.25) is 0 Å². The molecule has 0 aromatic heterocycles. The maximum Gasteiger partial charge on any atom is 0.329 e. The highest BCUT2D eigenvalue weighted by molar-refractivity contribution is 9.10. The molecule has 0 spiro atoms. The standard InChI is InChI=1S/C14H18BrNO3/c1-19-10-5-4-8-14(9-10,13(17)18)16-12-7-3-2-6-11(12)15/h2-3,6-7,10,16H,4-5,8-9H2,1H3,(H,17,18). The lowest BCUT2D eigenvalue weighted by Gasteiger charge is -2.38. The van der Waals surface area contributed by atoms with Gasteiger partial charge in [0.25, 0.3) is 0 Å². The van der Waals surface area contributed by atoms with Gasteiger partial charge in [-0.3, -0.25) is 0 Å². The largest absolute Gasteiger partial charge is 0.480 e. The molecule has 0 bridgehead atoms. The highest BCUT2D eigenvalue weighted by atomic mass is 79.9. The Labute approximate surface area is 121 Å². The lowest BCUT2D eigenvalue weighted by Crippen LogP contribution is -2.51. The van der Waals surface area contributed by atoms with Gasteiger partial charge < -0.3 is 15.2 Å². The number of carboxylic acids is 1. The molecule has 2 unspecified atom stereocenters. The second-order valence-electron chi connectivity index (χ2n) is 4.95. The van der Waals surface area contributed by atoms with E-state index in [9.17, 15) is 9.90 Å². The molecule has 0 heterocycles. The molecule has 0 amide bonds. The van der Waals surface area contributed by atoms with Gasteiger partial charge in [0.15, 0.2) is 0 Å². The third kappa shape index (κ3) is 3.09. The molecule has 19 heavy (non-hydrogen) atoms. The van der Waals surface area contributed by atoms with Crippen LogP contribution in [-0.2, 0) is 9.53 Å². The van der Waals surface area contributed by atoms with Crippen molar-refractivity contribution in [1.29, 1.82) is 0 Å². The van der Waals surface area contributed by atoms with Crippen LogP contribution in [0.1, 0.15) is 25.7 Å². The maximum absolute atomic E-state index is 11.7. The summed E-state index contributed by atoms with van der Waals surface area (Å²) >= 11 is 3.44. The highest BCUT2D eigenvalue weighted by Gasteiger charge is 2.43. The Kier molecular flexibility index (Phi) is 4.47. The first-order valence-corrected chi connectivity index (χ1v) is 7.15. The first-order valence-electron chi connectivity index (χ1n) is 6.36. The number of ether oxygens (including phenoxy) is 1. The summed E-state index contributed by atoms with van der Waals surface area (Å²) in [5, 5.41) is 12.8. The lowest BCUT2D eigenvalue weighted by molar-refractivity contribution is -0.145. The molecule has 1 fully saturated rings. The zero-order valence-corrected chi connectivity index (χ0v) is 12.4. The molecule has 104 valence electrons. The second-order valence-corrected chi connectivity index (χ2v) is 5.80. The first kappa shape index (κ1) is 14.3. The minimum atomic E-state index is -0.942. The van der Waals surface area contributed by atoms with Gasteiger partial charge in [-0.25, -0.2) is 4.79 Å². The molecule has 2 atom stereocenters. The topological polar surface area (TPSA) is 58.6 Å². The fourth-order valence-corrected chi connectivity index (χ4v) is 2.99. The number of halogens is 1. The van der Waals surface area contributed by atoms with Crippen LogP contribution in [-0.4, -0.2) is 29.8 Å². The van der Waals surface area contributed by atoms with E-state index in [0.717, 1.165) is 23.0 Å². The van der Waals surface area contributed by atoms with Gasteiger partial charge in [-0.1, -0.05) is 12.1 Å². The van der Waals surface area contributed by atoms with Crippen LogP contribution in [0.3, 0.4) is 0 Å². The van der Waals surface area contributed by atoms with Crippen LogP contribution in [0.25, 0.3) is 0 Å². The van der Waals surface area contributed by atoms with Gasteiger partial charge in [0, 0.05) is 23.7 Å². The van der Waals surface area contributed by atoms with E-state index in [1.807, 2.05) is 24.3 Å². The molecule has 0 saturated heterocycles. The second kappa shape index (κ2) is 5.92. The third-order valence-corrected chi connectivity index (χ3v) is 4.39. The van der Waals surface area contributed by atoms with E-state index < -0.39 is 11.5 Å². The van der Waals surface area contributed by atoms with Crippen molar-refractivity contribution in [2.24, 2.45) is 0 Å². The number of para-hydroxylation sites is 1. The number of hydrogen-bond donors (Lipinski definition) is 2. The molecular formula is C14H18BrNO3. The fraction of sp³-hybridized carbons (Fsp3) is 0.500. The number of aliphatic carboxylic acids is 1. The van der Waals surface area contributed by atoms with Crippen LogP contribution in [0.15, 0.2) is 28.7 Å². The summed E-state index contributed by atoms with van der Waals surface area (Å²) in [6.07, 6.45) is 2.87. The Morgan fingerprint density at radius 2 is 2.26 bits per heavy atom. The Balaban J connectivity index is 2.25.